The molecule has 1 rings (SSSR count). The maximum Gasteiger partial charge on any atom is 0.328 e. The molecule has 29 heavy (non-hydrogen) atoms. The molecule has 4 atom stereocenters. The molecule has 1 heterocycles. The highest BCUT2D eigenvalue weighted by molar-refractivity contribution is 5.80. The van der Waals surface area contributed by atoms with Crippen molar-refractivity contribution < 1.29 is 29.3 Å². The SMILES string of the molecule is CC(=O)O[C@@H]1CC/C(=C\C(=O)O)CO[C@@]1(C)CCCC(C)C(C)(O)CC=C(C)C. The smallest absolute Gasteiger partial charge is 0.328 e. The molecule has 0 aromatic carbocycles. The van der Waals surface area contributed by atoms with Gasteiger partial charge in [-0.1, -0.05) is 25.0 Å². The Hall–Kier alpha value is -1.66. The highest BCUT2D eigenvalue weighted by Gasteiger charge is 2.40. The molecule has 0 aromatic heterocycles. The van der Waals surface area contributed by atoms with Gasteiger partial charge in [0.2, 0.25) is 0 Å². The lowest BCUT2D eigenvalue weighted by atomic mass is 9.81. The molecule has 1 saturated heterocycles. The number of carboxylic acids is 1. The van der Waals surface area contributed by atoms with Gasteiger partial charge in [-0.3, -0.25) is 4.79 Å². The molecule has 2 unspecified atom stereocenters. The minimum absolute atomic E-state index is 0.0992. The van der Waals surface area contributed by atoms with Gasteiger partial charge in [0.1, 0.15) is 11.7 Å². The summed E-state index contributed by atoms with van der Waals surface area (Å²) in [5.41, 5.74) is 0.406. The Morgan fingerprint density at radius 2 is 2.03 bits per heavy atom. The van der Waals surface area contributed by atoms with E-state index in [0.29, 0.717) is 31.3 Å². The molecule has 2 N–H and O–H groups in total. The van der Waals surface area contributed by atoms with Crippen molar-refractivity contribution in [3.05, 3.63) is 23.3 Å². The highest BCUT2D eigenvalue weighted by atomic mass is 16.6. The van der Waals surface area contributed by atoms with Gasteiger partial charge < -0.3 is 19.7 Å². The number of hydrogen-bond acceptors (Lipinski definition) is 5. The summed E-state index contributed by atoms with van der Waals surface area (Å²) in [6.07, 6.45) is 6.75. The second kappa shape index (κ2) is 10.9. The van der Waals surface area contributed by atoms with Gasteiger partial charge in [-0.15, -0.1) is 0 Å². The van der Waals surface area contributed by atoms with E-state index in [4.69, 9.17) is 14.6 Å². The zero-order valence-electron chi connectivity index (χ0n) is 18.8. The van der Waals surface area contributed by atoms with E-state index in [1.807, 2.05) is 34.6 Å². The maximum atomic E-state index is 11.6. The van der Waals surface area contributed by atoms with Crippen LogP contribution in [0.5, 0.6) is 0 Å². The lowest BCUT2D eigenvalue weighted by Crippen LogP contribution is -2.44. The minimum Gasteiger partial charge on any atom is -0.478 e. The Morgan fingerprint density at radius 3 is 2.59 bits per heavy atom. The molecule has 166 valence electrons. The van der Waals surface area contributed by atoms with Crippen LogP contribution in [0.3, 0.4) is 0 Å². The summed E-state index contributed by atoms with van der Waals surface area (Å²) in [5, 5.41) is 19.8. The van der Waals surface area contributed by atoms with Gasteiger partial charge >= 0.3 is 11.9 Å². The van der Waals surface area contributed by atoms with E-state index in [9.17, 15) is 14.7 Å². The molecule has 6 heteroatoms. The Balaban J connectivity index is 2.79. The summed E-state index contributed by atoms with van der Waals surface area (Å²) in [6, 6.07) is 0. The van der Waals surface area contributed by atoms with E-state index in [1.165, 1.54) is 18.6 Å². The van der Waals surface area contributed by atoms with Crippen molar-refractivity contribution in [3.8, 4) is 0 Å². The summed E-state index contributed by atoms with van der Waals surface area (Å²) in [5.74, 6) is -1.26. The van der Waals surface area contributed by atoms with Gasteiger partial charge in [-0.2, -0.15) is 0 Å². The number of allylic oxidation sites excluding steroid dienone is 1. The molecule has 0 radical (unpaired) electrons. The van der Waals surface area contributed by atoms with E-state index in [2.05, 4.69) is 6.08 Å². The molecule has 0 bridgehead atoms. The number of rotatable bonds is 9. The van der Waals surface area contributed by atoms with Crippen LogP contribution in [0.2, 0.25) is 0 Å². The van der Waals surface area contributed by atoms with E-state index >= 15 is 0 Å². The minimum atomic E-state index is -0.997. The van der Waals surface area contributed by atoms with E-state index in [0.717, 1.165) is 12.8 Å². The molecule has 0 amide bonds. The van der Waals surface area contributed by atoms with Crippen LogP contribution in [0.15, 0.2) is 23.3 Å². The lowest BCUT2D eigenvalue weighted by Gasteiger charge is -2.36. The first kappa shape index (κ1) is 25.4. The first-order valence-corrected chi connectivity index (χ1v) is 10.4. The normalized spacial score (nSPS) is 26.9. The number of carbonyl (C=O) groups is 2. The summed E-state index contributed by atoms with van der Waals surface area (Å²) in [7, 11) is 0. The van der Waals surface area contributed by atoms with E-state index in [-0.39, 0.29) is 18.5 Å². The molecule has 1 fully saturated rings. The highest BCUT2D eigenvalue weighted by Crippen LogP contribution is 2.35. The van der Waals surface area contributed by atoms with Crippen LogP contribution in [0, 0.1) is 5.92 Å². The number of hydrogen-bond donors (Lipinski definition) is 2. The van der Waals surface area contributed by atoms with Crippen LogP contribution in [0.4, 0.5) is 0 Å². The van der Waals surface area contributed by atoms with Crippen molar-refractivity contribution in [2.45, 2.75) is 97.4 Å². The fourth-order valence-electron chi connectivity index (χ4n) is 3.63. The van der Waals surface area contributed by atoms with Gasteiger partial charge in [-0.05, 0) is 71.3 Å². The lowest BCUT2D eigenvalue weighted by molar-refractivity contribution is -0.168. The monoisotopic (exact) mass is 410 g/mol. The standard InChI is InChI=1S/C23H38O6/c1-16(2)11-13-22(5,27)17(3)8-7-12-23(6)20(29-18(4)24)10-9-19(15-28-23)14-21(25)26/h11,14,17,20,27H,7-10,12-13,15H2,1-6H3,(H,25,26)/b19-14+/t17?,20-,22?,23+/m1/s1. The van der Waals surface area contributed by atoms with Crippen molar-refractivity contribution in [2.24, 2.45) is 5.92 Å². The predicted octanol–water partition coefficient (Wildman–Crippen LogP) is 4.41. The van der Waals surface area contributed by atoms with Crippen molar-refractivity contribution in [2.75, 3.05) is 6.61 Å². The molecular formula is C23H38O6. The molecule has 0 aliphatic carbocycles. The molecule has 1 aliphatic heterocycles. The largest absolute Gasteiger partial charge is 0.478 e. The zero-order chi connectivity index (χ0) is 22.2. The molecule has 0 spiro atoms. The van der Waals surface area contributed by atoms with Gasteiger partial charge in [0.25, 0.3) is 0 Å². The molecule has 1 aliphatic rings. The van der Waals surface area contributed by atoms with Crippen LogP contribution in [0.25, 0.3) is 0 Å². The number of aliphatic carboxylic acids is 1. The van der Waals surface area contributed by atoms with Crippen LogP contribution < -0.4 is 0 Å². The van der Waals surface area contributed by atoms with Crippen molar-refractivity contribution in [1.82, 2.24) is 0 Å². The zero-order valence-corrected chi connectivity index (χ0v) is 18.8. The summed E-state index contributed by atoms with van der Waals surface area (Å²) >= 11 is 0. The third kappa shape index (κ3) is 8.70. The number of ether oxygens (including phenoxy) is 2. The van der Waals surface area contributed by atoms with Gasteiger partial charge in [-0.25, -0.2) is 4.79 Å². The summed E-state index contributed by atoms with van der Waals surface area (Å²) in [6.45, 7) is 11.5. The van der Waals surface area contributed by atoms with Crippen molar-refractivity contribution >= 4 is 11.9 Å². The average molecular weight is 411 g/mol. The molecule has 6 nitrogen and oxygen atoms in total. The molecule has 0 saturated carbocycles. The summed E-state index contributed by atoms with van der Waals surface area (Å²) in [4.78, 5) is 22.6. The van der Waals surface area contributed by atoms with Gasteiger partial charge in [0.05, 0.1) is 12.2 Å². The fraction of sp³-hybridized carbons (Fsp3) is 0.739. The van der Waals surface area contributed by atoms with Crippen LogP contribution in [-0.4, -0.2) is 46.1 Å². The van der Waals surface area contributed by atoms with Gasteiger partial charge in [0, 0.05) is 13.0 Å². The van der Waals surface area contributed by atoms with E-state index in [1.54, 1.807) is 0 Å². The Morgan fingerprint density at radius 1 is 1.38 bits per heavy atom. The van der Waals surface area contributed by atoms with Gasteiger partial charge in [0.15, 0.2) is 0 Å². The number of carbonyl (C=O) groups excluding carboxylic acids is 1. The topological polar surface area (TPSA) is 93.1 Å². The fourth-order valence-corrected chi connectivity index (χ4v) is 3.63. The average Bonchev–Trinajstić information content (AvgIpc) is 2.73. The third-order valence-electron chi connectivity index (χ3n) is 5.93. The second-order valence-electron chi connectivity index (χ2n) is 9.01. The second-order valence-corrected chi connectivity index (χ2v) is 9.01. The predicted molar refractivity (Wildman–Crippen MR) is 113 cm³/mol. The quantitative estimate of drug-likeness (QED) is 0.332. The van der Waals surface area contributed by atoms with Crippen molar-refractivity contribution in [1.29, 1.82) is 0 Å². The molecular weight excluding hydrogens is 372 g/mol. The van der Waals surface area contributed by atoms with Crippen molar-refractivity contribution in [3.63, 3.8) is 0 Å². The Bertz CT molecular complexity index is 629. The molecule has 0 aromatic rings. The number of aliphatic hydroxyl groups is 1. The summed E-state index contributed by atoms with van der Waals surface area (Å²) < 4.78 is 11.6. The maximum absolute atomic E-state index is 11.6. The number of carboxylic acid groups (broad SMARTS) is 1. The van der Waals surface area contributed by atoms with E-state index < -0.39 is 23.3 Å². The number of esters is 1. The first-order chi connectivity index (χ1) is 13.4. The Kier molecular flexibility index (Phi) is 9.56. The van der Waals surface area contributed by atoms with Crippen LogP contribution in [0.1, 0.15) is 80.1 Å². The first-order valence-electron chi connectivity index (χ1n) is 10.4. The Labute approximate surface area is 175 Å². The van der Waals surface area contributed by atoms with Crippen LogP contribution in [-0.2, 0) is 19.1 Å². The third-order valence-corrected chi connectivity index (χ3v) is 5.93. The van der Waals surface area contributed by atoms with Crippen LogP contribution >= 0.6 is 0 Å².